The second-order valence-electron chi connectivity index (χ2n) is 6.62. The van der Waals surface area contributed by atoms with Gasteiger partial charge in [-0.05, 0) is 41.5 Å². The Bertz CT molecular complexity index is 902. The third-order valence-corrected chi connectivity index (χ3v) is 5.15. The summed E-state index contributed by atoms with van der Waals surface area (Å²) in [7, 11) is -3.96. The van der Waals surface area contributed by atoms with Crippen LogP contribution >= 0.6 is 0 Å². The molecular formula is C14H22N6O3S. The first kappa shape index (κ1) is 18.0. The summed E-state index contributed by atoms with van der Waals surface area (Å²) in [6.45, 7) is 10.7. The molecule has 0 saturated heterocycles. The average Bonchev–Trinajstić information content (AvgIpc) is 2.90. The second-order valence-corrected chi connectivity index (χ2v) is 8.24. The van der Waals surface area contributed by atoms with Crippen molar-refractivity contribution in [3.05, 3.63) is 22.8 Å². The number of aryl methyl sites for hydroxylation is 2. The van der Waals surface area contributed by atoms with Crippen LogP contribution in [-0.4, -0.2) is 34.3 Å². The number of sulfonamides is 1. The zero-order valence-electron chi connectivity index (χ0n) is 14.6. The quantitative estimate of drug-likeness (QED) is 0.757. The maximum absolute atomic E-state index is 12.9. The number of aromatic nitrogens is 4. The van der Waals surface area contributed by atoms with E-state index in [1.54, 1.807) is 25.5 Å². The van der Waals surface area contributed by atoms with Crippen molar-refractivity contribution in [2.75, 3.05) is 4.72 Å². The van der Waals surface area contributed by atoms with Crippen molar-refractivity contribution in [3.8, 4) is 0 Å². The molecule has 0 saturated carbocycles. The molecule has 0 aliphatic carbocycles. The highest BCUT2D eigenvalue weighted by atomic mass is 32.2. The fourth-order valence-corrected chi connectivity index (χ4v) is 4.11. The van der Waals surface area contributed by atoms with Crippen molar-refractivity contribution >= 4 is 21.6 Å². The number of H-pyrrole nitrogens is 1. The average molecular weight is 354 g/mol. The van der Waals surface area contributed by atoms with Crippen LogP contribution in [0.4, 0.5) is 5.69 Å². The number of aromatic amines is 1. The first-order chi connectivity index (χ1) is 10.9. The van der Waals surface area contributed by atoms with Gasteiger partial charge in [0.25, 0.3) is 15.9 Å². The molecule has 0 aliphatic rings. The molecule has 1 amide bonds. The topological polar surface area (TPSA) is 136 Å². The molecule has 0 aromatic carbocycles. The molecule has 2 aromatic heterocycles. The molecule has 9 nitrogen and oxygen atoms in total. The van der Waals surface area contributed by atoms with Crippen molar-refractivity contribution in [1.29, 1.82) is 0 Å². The first-order valence-corrected chi connectivity index (χ1v) is 8.79. The third-order valence-electron chi connectivity index (χ3n) is 3.55. The zero-order chi connectivity index (χ0) is 18.4. The fourth-order valence-electron chi connectivity index (χ4n) is 2.59. The van der Waals surface area contributed by atoms with Crippen molar-refractivity contribution < 1.29 is 13.2 Å². The number of rotatable bonds is 4. The summed E-state index contributed by atoms with van der Waals surface area (Å²) >= 11 is 0. The van der Waals surface area contributed by atoms with Crippen molar-refractivity contribution in [2.24, 2.45) is 5.73 Å². The molecule has 0 fully saturated rings. The van der Waals surface area contributed by atoms with Gasteiger partial charge in [0.2, 0.25) is 0 Å². The maximum Gasteiger partial charge on any atom is 0.271 e. The van der Waals surface area contributed by atoms with Gasteiger partial charge in [-0.25, -0.2) is 8.42 Å². The summed E-state index contributed by atoms with van der Waals surface area (Å²) < 4.78 is 29.8. The van der Waals surface area contributed by atoms with Crippen LogP contribution in [0, 0.1) is 20.8 Å². The zero-order valence-corrected chi connectivity index (χ0v) is 15.4. The number of nitrogens with zero attached hydrogens (tertiary/aromatic N) is 3. The van der Waals surface area contributed by atoms with Crippen LogP contribution in [0.1, 0.15) is 48.3 Å². The van der Waals surface area contributed by atoms with Gasteiger partial charge in [0, 0.05) is 0 Å². The van der Waals surface area contributed by atoms with E-state index in [9.17, 15) is 13.2 Å². The molecule has 132 valence electrons. The minimum Gasteiger partial charge on any atom is -0.364 e. The molecule has 24 heavy (non-hydrogen) atoms. The lowest BCUT2D eigenvalue weighted by Gasteiger charge is -2.21. The van der Waals surface area contributed by atoms with Gasteiger partial charge in [0.1, 0.15) is 10.6 Å². The Morgan fingerprint density at radius 3 is 2.29 bits per heavy atom. The molecule has 0 spiro atoms. The van der Waals surface area contributed by atoms with Crippen molar-refractivity contribution in [1.82, 2.24) is 20.0 Å². The van der Waals surface area contributed by atoms with Crippen LogP contribution in [0.3, 0.4) is 0 Å². The Balaban J connectivity index is 2.56. The Hall–Kier alpha value is -2.36. The van der Waals surface area contributed by atoms with Gasteiger partial charge >= 0.3 is 0 Å². The molecule has 2 aromatic rings. The smallest absolute Gasteiger partial charge is 0.271 e. The summed E-state index contributed by atoms with van der Waals surface area (Å²) in [5.74, 6) is -0.823. The molecule has 0 atom stereocenters. The van der Waals surface area contributed by atoms with E-state index in [4.69, 9.17) is 5.73 Å². The number of primary amides is 1. The Morgan fingerprint density at radius 2 is 1.83 bits per heavy atom. The number of nitrogens with one attached hydrogen (secondary N) is 2. The summed E-state index contributed by atoms with van der Waals surface area (Å²) in [5, 5.41) is 10.6. The molecule has 2 heterocycles. The minimum absolute atomic E-state index is 0.0461. The van der Waals surface area contributed by atoms with Gasteiger partial charge < -0.3 is 5.73 Å². The largest absolute Gasteiger partial charge is 0.364 e. The molecule has 4 N–H and O–H groups in total. The van der Waals surface area contributed by atoms with E-state index >= 15 is 0 Å². The Labute approximate surface area is 140 Å². The van der Waals surface area contributed by atoms with E-state index in [1.165, 1.54) is 0 Å². The molecule has 2 rings (SSSR count). The Kier molecular flexibility index (Phi) is 4.21. The lowest BCUT2D eigenvalue weighted by Crippen LogP contribution is -2.25. The summed E-state index contributed by atoms with van der Waals surface area (Å²) in [4.78, 5) is 11.5. The molecule has 10 heteroatoms. The number of hydrogen-bond donors (Lipinski definition) is 3. The summed E-state index contributed by atoms with van der Waals surface area (Å²) in [6.07, 6.45) is 0. The molecular weight excluding hydrogens is 332 g/mol. The standard InChI is InChI=1S/C14H22N6O3S/c1-7-10(11(13(15)21)17-16-7)19-24(22,23)12-8(2)18-20(9(12)3)14(4,5)6/h19H,1-6H3,(H2,15,21)(H,16,17). The molecule has 0 bridgehead atoms. The number of nitrogens with two attached hydrogens (primary N) is 1. The summed E-state index contributed by atoms with van der Waals surface area (Å²) in [5.41, 5.74) is 6.03. The number of carbonyl (C=O) groups is 1. The molecule has 0 unspecified atom stereocenters. The van der Waals surface area contributed by atoms with Crippen LogP contribution in [0.25, 0.3) is 0 Å². The summed E-state index contributed by atoms with van der Waals surface area (Å²) in [6, 6.07) is 0. The van der Waals surface area contributed by atoms with Gasteiger partial charge in [0.05, 0.1) is 22.6 Å². The minimum atomic E-state index is -3.96. The van der Waals surface area contributed by atoms with E-state index < -0.39 is 15.9 Å². The van der Waals surface area contributed by atoms with E-state index in [2.05, 4.69) is 20.0 Å². The predicted molar refractivity (Wildman–Crippen MR) is 89.3 cm³/mol. The van der Waals surface area contributed by atoms with Gasteiger partial charge in [-0.3, -0.25) is 19.3 Å². The van der Waals surface area contributed by atoms with E-state index in [0.29, 0.717) is 17.1 Å². The second kappa shape index (κ2) is 5.62. The fraction of sp³-hybridized carbons (Fsp3) is 0.500. The Morgan fingerprint density at radius 1 is 1.25 bits per heavy atom. The number of amides is 1. The van der Waals surface area contributed by atoms with Gasteiger partial charge in [-0.2, -0.15) is 10.2 Å². The number of carbonyl (C=O) groups excluding carboxylic acids is 1. The highest BCUT2D eigenvalue weighted by Gasteiger charge is 2.30. The predicted octanol–water partition coefficient (Wildman–Crippen LogP) is 1.19. The van der Waals surface area contributed by atoms with Crippen LogP contribution < -0.4 is 10.5 Å². The van der Waals surface area contributed by atoms with Crippen molar-refractivity contribution in [3.63, 3.8) is 0 Å². The van der Waals surface area contributed by atoms with Crippen LogP contribution in [0.5, 0.6) is 0 Å². The highest BCUT2D eigenvalue weighted by molar-refractivity contribution is 7.92. The van der Waals surface area contributed by atoms with E-state index in [1.807, 2.05) is 20.8 Å². The third kappa shape index (κ3) is 3.01. The van der Waals surface area contributed by atoms with Crippen molar-refractivity contribution in [2.45, 2.75) is 52.0 Å². The first-order valence-electron chi connectivity index (χ1n) is 7.30. The SMILES string of the molecule is Cc1nn(C(C)(C)C)c(C)c1S(=O)(=O)Nc1c(C(N)=O)n[nH]c1C. The lowest BCUT2D eigenvalue weighted by atomic mass is 10.1. The lowest BCUT2D eigenvalue weighted by molar-refractivity contribution is 0.0996. The molecule has 0 aliphatic heterocycles. The maximum atomic E-state index is 12.9. The number of anilines is 1. The van der Waals surface area contributed by atoms with E-state index in [-0.39, 0.29) is 21.8 Å². The highest BCUT2D eigenvalue weighted by Crippen LogP contribution is 2.28. The van der Waals surface area contributed by atoms with Crippen LogP contribution in [-0.2, 0) is 15.6 Å². The molecule has 0 radical (unpaired) electrons. The van der Waals surface area contributed by atoms with Gasteiger partial charge in [-0.1, -0.05) is 0 Å². The van der Waals surface area contributed by atoms with Gasteiger partial charge in [0.15, 0.2) is 5.69 Å². The number of hydrogen-bond acceptors (Lipinski definition) is 5. The van der Waals surface area contributed by atoms with E-state index in [0.717, 1.165) is 0 Å². The monoisotopic (exact) mass is 354 g/mol. The normalized spacial score (nSPS) is 12.4. The van der Waals surface area contributed by atoms with Crippen LogP contribution in [0.15, 0.2) is 4.90 Å². The van der Waals surface area contributed by atoms with Gasteiger partial charge in [-0.15, -0.1) is 0 Å². The van der Waals surface area contributed by atoms with Crippen LogP contribution in [0.2, 0.25) is 0 Å².